The maximum atomic E-state index is 11.8. The fourth-order valence-electron chi connectivity index (χ4n) is 1.83. The highest BCUT2D eigenvalue weighted by Gasteiger charge is 2.07. The molecule has 0 aliphatic carbocycles. The second kappa shape index (κ2) is 8.70. The smallest absolute Gasteiger partial charge is 0.258 e. The molecule has 0 aromatic heterocycles. The van der Waals surface area contributed by atoms with Crippen LogP contribution in [0.15, 0.2) is 48.5 Å². The van der Waals surface area contributed by atoms with Crippen molar-refractivity contribution in [2.45, 2.75) is 0 Å². The van der Waals surface area contributed by atoms with Crippen LogP contribution in [0.1, 0.15) is 10.4 Å². The van der Waals surface area contributed by atoms with E-state index in [9.17, 15) is 14.4 Å². The topological polar surface area (TPSA) is 111 Å². The van der Waals surface area contributed by atoms with Crippen LogP contribution in [0.3, 0.4) is 0 Å². The van der Waals surface area contributed by atoms with Gasteiger partial charge in [0, 0.05) is 16.3 Å². The summed E-state index contributed by atoms with van der Waals surface area (Å²) < 4.78 is 5.26. The summed E-state index contributed by atoms with van der Waals surface area (Å²) >= 11 is 5.75. The van der Waals surface area contributed by atoms with Gasteiger partial charge in [-0.15, -0.1) is 0 Å². The molecule has 3 amide bonds. The summed E-state index contributed by atoms with van der Waals surface area (Å²) in [4.78, 5) is 34.4. The van der Waals surface area contributed by atoms with Crippen molar-refractivity contribution < 1.29 is 19.1 Å². The Morgan fingerprint density at radius 2 is 1.60 bits per heavy atom. The van der Waals surface area contributed by atoms with Gasteiger partial charge in [0.15, 0.2) is 6.61 Å². The molecular weight excluding hydrogens is 346 g/mol. The quantitative estimate of drug-likeness (QED) is 0.695. The summed E-state index contributed by atoms with van der Waals surface area (Å²) in [6.07, 6.45) is 0. The van der Waals surface area contributed by atoms with Gasteiger partial charge in [0.1, 0.15) is 5.75 Å². The zero-order valence-corrected chi connectivity index (χ0v) is 13.9. The van der Waals surface area contributed by atoms with Crippen LogP contribution in [0.4, 0.5) is 5.69 Å². The lowest BCUT2D eigenvalue weighted by molar-refractivity contribution is -0.125. The Morgan fingerprint density at radius 3 is 2.20 bits per heavy atom. The first kappa shape index (κ1) is 18.3. The predicted molar refractivity (Wildman–Crippen MR) is 93.5 cm³/mol. The SMILES string of the molecule is NC(=O)c1ccc(NC(=O)CNC(=O)COc2ccc(Cl)cc2)cc1. The number of hydrogen-bond donors (Lipinski definition) is 3. The second-order valence-electron chi connectivity index (χ2n) is 5.01. The Balaban J connectivity index is 1.72. The standard InChI is InChI=1S/C17H16ClN3O4/c18-12-3-7-14(8-4-12)25-10-16(23)20-9-15(22)21-13-5-1-11(2-6-13)17(19)24/h1-8H,9-10H2,(H2,19,24)(H,20,23)(H,21,22). The molecule has 2 rings (SSSR count). The molecule has 0 aliphatic rings. The third-order valence-corrected chi connectivity index (χ3v) is 3.33. The molecule has 0 unspecified atom stereocenters. The monoisotopic (exact) mass is 361 g/mol. The third-order valence-electron chi connectivity index (χ3n) is 3.08. The van der Waals surface area contributed by atoms with Gasteiger partial charge in [-0.05, 0) is 48.5 Å². The fourth-order valence-corrected chi connectivity index (χ4v) is 1.96. The van der Waals surface area contributed by atoms with Crippen LogP contribution in [-0.2, 0) is 9.59 Å². The van der Waals surface area contributed by atoms with Crippen molar-refractivity contribution in [3.63, 3.8) is 0 Å². The van der Waals surface area contributed by atoms with Crippen molar-refractivity contribution in [1.29, 1.82) is 0 Å². The highest BCUT2D eigenvalue weighted by atomic mass is 35.5. The number of benzene rings is 2. The lowest BCUT2D eigenvalue weighted by Crippen LogP contribution is -2.35. The fraction of sp³-hybridized carbons (Fsp3) is 0.118. The summed E-state index contributed by atoms with van der Waals surface area (Å²) in [6, 6.07) is 12.6. The first-order valence-corrected chi connectivity index (χ1v) is 7.66. The summed E-state index contributed by atoms with van der Waals surface area (Å²) in [6.45, 7) is -0.428. The van der Waals surface area contributed by atoms with Gasteiger partial charge in [-0.2, -0.15) is 0 Å². The molecule has 0 atom stereocenters. The molecule has 0 aliphatic heterocycles. The van der Waals surface area contributed by atoms with Crippen molar-refractivity contribution in [2.75, 3.05) is 18.5 Å². The number of rotatable bonds is 7. The Hall–Kier alpha value is -3.06. The lowest BCUT2D eigenvalue weighted by Gasteiger charge is -2.08. The number of halogens is 1. The predicted octanol–water partition coefficient (Wildman–Crippen LogP) is 1.57. The van der Waals surface area contributed by atoms with E-state index in [4.69, 9.17) is 22.1 Å². The van der Waals surface area contributed by atoms with Gasteiger partial charge < -0.3 is 21.1 Å². The number of primary amides is 1. The van der Waals surface area contributed by atoms with Crippen LogP contribution in [-0.4, -0.2) is 30.9 Å². The van der Waals surface area contributed by atoms with E-state index in [-0.39, 0.29) is 13.2 Å². The Bertz CT molecular complexity index is 760. The molecule has 0 heterocycles. The third kappa shape index (κ3) is 6.15. The van der Waals surface area contributed by atoms with Crippen molar-refractivity contribution in [1.82, 2.24) is 5.32 Å². The van der Waals surface area contributed by atoms with E-state index >= 15 is 0 Å². The van der Waals surface area contributed by atoms with Gasteiger partial charge in [-0.1, -0.05) is 11.6 Å². The first-order valence-electron chi connectivity index (χ1n) is 7.29. The molecular formula is C17H16ClN3O4. The van der Waals surface area contributed by atoms with Crippen LogP contribution in [0.5, 0.6) is 5.75 Å². The highest BCUT2D eigenvalue weighted by Crippen LogP contribution is 2.15. The minimum absolute atomic E-state index is 0.208. The average Bonchev–Trinajstić information content (AvgIpc) is 2.60. The van der Waals surface area contributed by atoms with E-state index in [0.29, 0.717) is 22.0 Å². The molecule has 2 aromatic rings. The van der Waals surface area contributed by atoms with E-state index in [1.165, 1.54) is 12.1 Å². The van der Waals surface area contributed by atoms with Gasteiger partial charge in [0.2, 0.25) is 11.8 Å². The zero-order valence-electron chi connectivity index (χ0n) is 13.1. The minimum Gasteiger partial charge on any atom is -0.484 e. The van der Waals surface area contributed by atoms with E-state index < -0.39 is 17.7 Å². The Kier molecular flexibility index (Phi) is 6.36. The van der Waals surface area contributed by atoms with Crippen molar-refractivity contribution >= 4 is 35.0 Å². The molecule has 0 fully saturated rings. The molecule has 0 saturated carbocycles. The number of hydrogen-bond acceptors (Lipinski definition) is 4. The van der Waals surface area contributed by atoms with Crippen molar-refractivity contribution in [3.8, 4) is 5.75 Å². The molecule has 0 spiro atoms. The molecule has 8 heteroatoms. The molecule has 25 heavy (non-hydrogen) atoms. The molecule has 0 bridgehead atoms. The van der Waals surface area contributed by atoms with E-state index in [1.807, 2.05) is 0 Å². The molecule has 2 aromatic carbocycles. The number of nitrogens with one attached hydrogen (secondary N) is 2. The normalized spacial score (nSPS) is 9.96. The Morgan fingerprint density at radius 1 is 0.960 bits per heavy atom. The minimum atomic E-state index is -0.550. The van der Waals surface area contributed by atoms with E-state index in [1.54, 1.807) is 36.4 Å². The summed E-state index contributed by atoms with van der Waals surface area (Å²) in [5.41, 5.74) is 5.96. The van der Waals surface area contributed by atoms with Crippen molar-refractivity contribution in [2.24, 2.45) is 5.73 Å². The average molecular weight is 362 g/mol. The summed E-state index contributed by atoms with van der Waals surface area (Å²) in [7, 11) is 0. The van der Waals surface area contributed by atoms with Gasteiger partial charge in [-0.3, -0.25) is 14.4 Å². The Labute approximate surface area is 149 Å². The number of carbonyl (C=O) groups is 3. The maximum absolute atomic E-state index is 11.8. The number of ether oxygens (including phenoxy) is 1. The molecule has 7 nitrogen and oxygen atoms in total. The molecule has 0 radical (unpaired) electrons. The number of nitrogens with two attached hydrogens (primary N) is 1. The largest absolute Gasteiger partial charge is 0.484 e. The van der Waals surface area contributed by atoms with E-state index in [0.717, 1.165) is 0 Å². The molecule has 0 saturated heterocycles. The van der Waals surface area contributed by atoms with Gasteiger partial charge in [0.25, 0.3) is 5.91 Å². The maximum Gasteiger partial charge on any atom is 0.258 e. The van der Waals surface area contributed by atoms with E-state index in [2.05, 4.69) is 10.6 Å². The van der Waals surface area contributed by atoms with Gasteiger partial charge >= 0.3 is 0 Å². The highest BCUT2D eigenvalue weighted by molar-refractivity contribution is 6.30. The van der Waals surface area contributed by atoms with Crippen LogP contribution in [0.2, 0.25) is 5.02 Å². The number of amides is 3. The van der Waals surface area contributed by atoms with Gasteiger partial charge in [-0.25, -0.2) is 0 Å². The zero-order chi connectivity index (χ0) is 18.2. The van der Waals surface area contributed by atoms with Crippen LogP contribution in [0, 0.1) is 0 Å². The van der Waals surface area contributed by atoms with Crippen LogP contribution >= 0.6 is 11.6 Å². The van der Waals surface area contributed by atoms with Crippen molar-refractivity contribution in [3.05, 3.63) is 59.1 Å². The molecule has 4 N–H and O–H groups in total. The first-order chi connectivity index (χ1) is 11.9. The number of carbonyl (C=O) groups excluding carboxylic acids is 3. The second-order valence-corrected chi connectivity index (χ2v) is 5.45. The molecule has 130 valence electrons. The van der Waals surface area contributed by atoms with Crippen LogP contribution < -0.4 is 21.1 Å². The lowest BCUT2D eigenvalue weighted by atomic mass is 10.2. The number of anilines is 1. The van der Waals surface area contributed by atoms with Crippen LogP contribution in [0.25, 0.3) is 0 Å². The summed E-state index contributed by atoms with van der Waals surface area (Å²) in [5.74, 6) is -0.898. The summed E-state index contributed by atoms with van der Waals surface area (Å²) in [5, 5.41) is 5.59. The van der Waals surface area contributed by atoms with Gasteiger partial charge in [0.05, 0.1) is 6.54 Å².